The molecule has 1 aromatic carbocycles. The molecule has 2 amide bonds. The summed E-state index contributed by atoms with van der Waals surface area (Å²) < 4.78 is 11.5. The van der Waals surface area contributed by atoms with Gasteiger partial charge in [-0.05, 0) is 64.8 Å². The second-order valence-corrected chi connectivity index (χ2v) is 11.0. The molecule has 5 rings (SSSR count). The van der Waals surface area contributed by atoms with E-state index in [1.165, 1.54) is 0 Å². The number of methoxy groups -OCH3 is 1. The van der Waals surface area contributed by atoms with E-state index >= 15 is 0 Å². The van der Waals surface area contributed by atoms with Crippen LogP contribution in [0.5, 0.6) is 5.75 Å². The third-order valence-electron chi connectivity index (χ3n) is 7.32. The molecule has 2 N–H and O–H groups in total. The van der Waals surface area contributed by atoms with Gasteiger partial charge in [-0.15, -0.1) is 0 Å². The molecule has 1 spiro atoms. The molecule has 3 saturated heterocycles. The first-order valence-corrected chi connectivity index (χ1v) is 11.4. The van der Waals surface area contributed by atoms with E-state index in [9.17, 15) is 9.59 Å². The summed E-state index contributed by atoms with van der Waals surface area (Å²) in [5.74, 6) is -0.386. The summed E-state index contributed by atoms with van der Waals surface area (Å²) in [7, 11) is 1.62. The van der Waals surface area contributed by atoms with Gasteiger partial charge in [0.1, 0.15) is 11.4 Å². The maximum absolute atomic E-state index is 13.5. The zero-order valence-electron chi connectivity index (χ0n) is 19.5. The van der Waals surface area contributed by atoms with Gasteiger partial charge in [0.25, 0.3) is 0 Å². The molecular weight excluding hydrogens is 406 g/mol. The Morgan fingerprint density at radius 1 is 1.16 bits per heavy atom. The number of hydrogen-bond acceptors (Lipinski definition) is 5. The molecule has 0 aromatic heterocycles. The number of carbonyl (C=O) groups is 2. The molecule has 7 nitrogen and oxygen atoms in total. The second-order valence-electron chi connectivity index (χ2n) is 11.0. The van der Waals surface area contributed by atoms with E-state index in [1.54, 1.807) is 12.0 Å². The summed E-state index contributed by atoms with van der Waals surface area (Å²) in [5, 5.41) is 6.93. The highest BCUT2D eigenvalue weighted by molar-refractivity contribution is 6.03. The van der Waals surface area contributed by atoms with Gasteiger partial charge < -0.3 is 25.0 Å². The summed E-state index contributed by atoms with van der Waals surface area (Å²) in [5.41, 5.74) is -0.0714. The molecule has 4 atom stereocenters. The van der Waals surface area contributed by atoms with E-state index < -0.39 is 17.4 Å². The van der Waals surface area contributed by atoms with Crippen molar-refractivity contribution in [1.29, 1.82) is 0 Å². The zero-order chi connectivity index (χ0) is 22.9. The number of hydrogen-bond donors (Lipinski definition) is 2. The minimum atomic E-state index is -0.726. The van der Waals surface area contributed by atoms with Crippen LogP contribution in [0.2, 0.25) is 0 Å². The number of carbonyl (C=O) groups excluding carboxylic acids is 2. The van der Waals surface area contributed by atoms with Gasteiger partial charge in [-0.3, -0.25) is 9.59 Å². The molecule has 4 heterocycles. The standard InChI is InChI=1S/C25H33N3O4/c1-23(2)12-15(13-24(3,4)27-23)26-21(29)19-18-10-11-25(32-18)14-28(22(30)20(19)25)16-6-8-17(31-5)9-7-16/h6-11,15,18-20,27H,12-14H2,1-5H3,(H,26,29). The molecule has 32 heavy (non-hydrogen) atoms. The topological polar surface area (TPSA) is 79.9 Å². The molecular formula is C25H33N3O4. The lowest BCUT2D eigenvalue weighted by atomic mass is 9.75. The van der Waals surface area contributed by atoms with Crippen molar-refractivity contribution in [1.82, 2.24) is 10.6 Å². The van der Waals surface area contributed by atoms with Crippen molar-refractivity contribution in [3.63, 3.8) is 0 Å². The normalized spacial score (nSPS) is 34.6. The average Bonchev–Trinajstić information content (AvgIpc) is 3.34. The highest BCUT2D eigenvalue weighted by atomic mass is 16.5. The van der Waals surface area contributed by atoms with Gasteiger partial charge in [-0.2, -0.15) is 0 Å². The maximum atomic E-state index is 13.5. The minimum Gasteiger partial charge on any atom is -0.497 e. The molecule has 0 radical (unpaired) electrons. The number of anilines is 1. The van der Waals surface area contributed by atoms with E-state index in [-0.39, 0.29) is 35.0 Å². The summed E-state index contributed by atoms with van der Waals surface area (Å²) in [6, 6.07) is 7.49. The van der Waals surface area contributed by atoms with Crippen molar-refractivity contribution >= 4 is 17.5 Å². The second kappa shape index (κ2) is 7.06. The maximum Gasteiger partial charge on any atom is 0.234 e. The van der Waals surface area contributed by atoms with Crippen LogP contribution in [-0.2, 0) is 14.3 Å². The first-order valence-electron chi connectivity index (χ1n) is 11.4. The van der Waals surface area contributed by atoms with Gasteiger partial charge in [0.15, 0.2) is 0 Å². The molecule has 172 valence electrons. The number of benzene rings is 1. The van der Waals surface area contributed by atoms with Gasteiger partial charge in [0, 0.05) is 22.8 Å². The fraction of sp³-hybridized carbons (Fsp3) is 0.600. The van der Waals surface area contributed by atoms with Crippen molar-refractivity contribution in [3.8, 4) is 5.75 Å². The van der Waals surface area contributed by atoms with Crippen LogP contribution in [0.15, 0.2) is 36.4 Å². The molecule has 7 heteroatoms. The van der Waals surface area contributed by atoms with Crippen LogP contribution in [0.1, 0.15) is 40.5 Å². The van der Waals surface area contributed by atoms with E-state index in [4.69, 9.17) is 9.47 Å². The van der Waals surface area contributed by atoms with E-state index in [2.05, 4.69) is 38.3 Å². The fourth-order valence-electron chi connectivity index (χ4n) is 6.50. The van der Waals surface area contributed by atoms with Crippen LogP contribution < -0.4 is 20.3 Å². The first kappa shape index (κ1) is 21.5. The minimum absolute atomic E-state index is 0.0480. The van der Waals surface area contributed by atoms with Crippen LogP contribution in [-0.4, -0.2) is 54.3 Å². The number of amides is 2. The summed E-state index contributed by atoms with van der Waals surface area (Å²) >= 11 is 0. The number of rotatable bonds is 4. The van der Waals surface area contributed by atoms with Gasteiger partial charge in [0.2, 0.25) is 11.8 Å². The first-order chi connectivity index (χ1) is 15.0. The summed E-state index contributed by atoms with van der Waals surface area (Å²) in [6.45, 7) is 9.09. The molecule has 4 aliphatic heterocycles. The molecule has 4 unspecified atom stereocenters. The van der Waals surface area contributed by atoms with Crippen molar-refractivity contribution in [2.24, 2.45) is 11.8 Å². The lowest BCUT2D eigenvalue weighted by Crippen LogP contribution is -2.62. The monoisotopic (exact) mass is 439 g/mol. The molecule has 0 saturated carbocycles. The molecule has 1 aromatic rings. The van der Waals surface area contributed by atoms with Crippen LogP contribution >= 0.6 is 0 Å². The third kappa shape index (κ3) is 3.42. The summed E-state index contributed by atoms with van der Waals surface area (Å²) in [4.78, 5) is 28.8. The Labute approximate surface area is 189 Å². The van der Waals surface area contributed by atoms with Crippen molar-refractivity contribution in [2.75, 3.05) is 18.6 Å². The lowest BCUT2D eigenvalue weighted by molar-refractivity contribution is -0.132. The smallest absolute Gasteiger partial charge is 0.234 e. The Morgan fingerprint density at radius 2 is 1.81 bits per heavy atom. The van der Waals surface area contributed by atoms with Crippen LogP contribution in [0.3, 0.4) is 0 Å². The lowest BCUT2D eigenvalue weighted by Gasteiger charge is -2.47. The molecule has 3 fully saturated rings. The van der Waals surface area contributed by atoms with Gasteiger partial charge >= 0.3 is 0 Å². The summed E-state index contributed by atoms with van der Waals surface area (Å²) in [6.07, 6.45) is 5.30. The quantitative estimate of drug-likeness (QED) is 0.705. The molecule has 0 aliphatic carbocycles. The van der Waals surface area contributed by atoms with Gasteiger partial charge in [-0.1, -0.05) is 12.2 Å². The van der Waals surface area contributed by atoms with Crippen molar-refractivity contribution < 1.29 is 19.1 Å². The number of ether oxygens (including phenoxy) is 2. The number of fused-ring (bicyclic) bond motifs is 1. The Balaban J connectivity index is 1.36. The Kier molecular flexibility index (Phi) is 4.73. The average molecular weight is 440 g/mol. The van der Waals surface area contributed by atoms with E-state index in [1.807, 2.05) is 36.4 Å². The van der Waals surface area contributed by atoms with Crippen molar-refractivity contribution in [2.45, 2.75) is 69.4 Å². The Hall–Kier alpha value is -2.38. The van der Waals surface area contributed by atoms with Crippen molar-refractivity contribution in [3.05, 3.63) is 36.4 Å². The van der Waals surface area contributed by atoms with E-state index in [0.717, 1.165) is 24.3 Å². The Bertz CT molecular complexity index is 954. The largest absolute Gasteiger partial charge is 0.497 e. The highest BCUT2D eigenvalue weighted by Gasteiger charge is 2.67. The van der Waals surface area contributed by atoms with Gasteiger partial charge in [0.05, 0.1) is 31.6 Å². The number of nitrogens with one attached hydrogen (secondary N) is 2. The van der Waals surface area contributed by atoms with E-state index in [0.29, 0.717) is 6.54 Å². The Morgan fingerprint density at radius 3 is 2.44 bits per heavy atom. The van der Waals surface area contributed by atoms with Crippen LogP contribution in [0, 0.1) is 11.8 Å². The fourth-order valence-corrected chi connectivity index (χ4v) is 6.50. The zero-order valence-corrected chi connectivity index (χ0v) is 19.5. The molecule has 4 aliphatic rings. The predicted molar refractivity (Wildman–Crippen MR) is 122 cm³/mol. The van der Waals surface area contributed by atoms with Gasteiger partial charge in [-0.25, -0.2) is 0 Å². The third-order valence-corrected chi connectivity index (χ3v) is 7.32. The van der Waals surface area contributed by atoms with Crippen LogP contribution in [0.25, 0.3) is 0 Å². The van der Waals surface area contributed by atoms with Crippen LogP contribution in [0.4, 0.5) is 5.69 Å². The number of nitrogens with zero attached hydrogens (tertiary/aromatic N) is 1. The molecule has 2 bridgehead atoms. The predicted octanol–water partition coefficient (Wildman–Crippen LogP) is 2.41. The highest BCUT2D eigenvalue weighted by Crippen LogP contribution is 2.52. The SMILES string of the molecule is COc1ccc(N2CC34C=CC(O3)C(C(=O)NC3CC(C)(C)NC(C)(C)C3)C4C2=O)cc1. The number of piperidine rings is 1.